The van der Waals surface area contributed by atoms with E-state index in [2.05, 4.69) is 25.7 Å². The first-order valence-corrected chi connectivity index (χ1v) is 7.66. The van der Waals surface area contributed by atoms with Gasteiger partial charge in [-0.15, -0.1) is 12.4 Å². The number of benzene rings is 1. The van der Waals surface area contributed by atoms with Crippen LogP contribution in [0.25, 0.3) is 0 Å². The van der Waals surface area contributed by atoms with Crippen LogP contribution in [0.5, 0.6) is 0 Å². The molecule has 0 aromatic heterocycles. The summed E-state index contributed by atoms with van der Waals surface area (Å²) in [5.41, 5.74) is 1.06. The summed E-state index contributed by atoms with van der Waals surface area (Å²) < 4.78 is 5.46. The Labute approximate surface area is 135 Å². The molecule has 0 N–H and O–H groups in total. The number of ether oxygens (including phenoxy) is 1. The number of nitrogens with zero attached hydrogens (tertiary/aromatic N) is 1. The molecule has 21 heavy (non-hydrogen) atoms. The number of likely N-dealkylation sites (N-methyl/N-ethyl adjacent to an activating group) is 1. The second kappa shape index (κ2) is 11.6. The first-order chi connectivity index (χ1) is 9.72. The molecule has 0 spiro atoms. The van der Waals surface area contributed by atoms with Crippen LogP contribution in [0.1, 0.15) is 45.1 Å². The number of hydrogen-bond acceptors (Lipinski definition) is 3. The van der Waals surface area contributed by atoms with E-state index >= 15 is 0 Å². The van der Waals surface area contributed by atoms with Crippen molar-refractivity contribution in [3.63, 3.8) is 0 Å². The number of rotatable bonds is 9. The quantitative estimate of drug-likeness (QED) is 0.648. The van der Waals surface area contributed by atoms with Gasteiger partial charge < -0.3 is 9.64 Å². The average molecular weight is 314 g/mol. The SMILES string of the molecule is CCCC(C(=O)OCCN(CC)CC)c1ccccc1.Cl. The lowest BCUT2D eigenvalue weighted by molar-refractivity contribution is -0.146. The summed E-state index contributed by atoms with van der Waals surface area (Å²) in [4.78, 5) is 14.5. The Morgan fingerprint density at radius 1 is 1.14 bits per heavy atom. The molecule has 1 rings (SSSR count). The van der Waals surface area contributed by atoms with Gasteiger partial charge in [0.1, 0.15) is 6.61 Å². The van der Waals surface area contributed by atoms with Gasteiger partial charge in [0.2, 0.25) is 0 Å². The fraction of sp³-hybridized carbons (Fsp3) is 0.588. The zero-order valence-corrected chi connectivity index (χ0v) is 14.2. The van der Waals surface area contributed by atoms with Gasteiger partial charge in [-0.1, -0.05) is 57.5 Å². The van der Waals surface area contributed by atoms with Gasteiger partial charge in [0.15, 0.2) is 0 Å². The van der Waals surface area contributed by atoms with Gasteiger partial charge in [0.05, 0.1) is 5.92 Å². The van der Waals surface area contributed by atoms with Crippen molar-refractivity contribution in [2.75, 3.05) is 26.2 Å². The molecular formula is C17H28ClNO2. The Kier molecular flexibility index (Phi) is 11.0. The lowest BCUT2D eigenvalue weighted by Crippen LogP contribution is -2.28. The van der Waals surface area contributed by atoms with Gasteiger partial charge in [-0.3, -0.25) is 4.79 Å². The summed E-state index contributed by atoms with van der Waals surface area (Å²) in [5, 5.41) is 0. The largest absolute Gasteiger partial charge is 0.464 e. The van der Waals surface area contributed by atoms with E-state index in [0.717, 1.165) is 38.0 Å². The third-order valence-electron chi connectivity index (χ3n) is 3.61. The molecule has 4 heteroatoms. The van der Waals surface area contributed by atoms with Crippen LogP contribution in [0.2, 0.25) is 0 Å². The first kappa shape index (κ1) is 19.9. The molecule has 1 aromatic carbocycles. The van der Waals surface area contributed by atoms with Gasteiger partial charge in [-0.05, 0) is 25.1 Å². The molecular weight excluding hydrogens is 286 g/mol. The van der Waals surface area contributed by atoms with Crippen LogP contribution in [-0.4, -0.2) is 37.1 Å². The van der Waals surface area contributed by atoms with E-state index in [0.29, 0.717) is 6.61 Å². The molecule has 0 aliphatic carbocycles. The molecule has 0 bridgehead atoms. The molecule has 0 aliphatic heterocycles. The molecule has 0 saturated carbocycles. The van der Waals surface area contributed by atoms with Crippen molar-refractivity contribution in [1.29, 1.82) is 0 Å². The monoisotopic (exact) mass is 313 g/mol. The maximum absolute atomic E-state index is 12.3. The topological polar surface area (TPSA) is 29.5 Å². The van der Waals surface area contributed by atoms with E-state index in [4.69, 9.17) is 4.74 Å². The zero-order chi connectivity index (χ0) is 14.8. The van der Waals surface area contributed by atoms with Crippen LogP contribution in [-0.2, 0) is 9.53 Å². The third kappa shape index (κ3) is 6.96. The Morgan fingerprint density at radius 2 is 1.76 bits per heavy atom. The molecule has 3 nitrogen and oxygen atoms in total. The highest BCUT2D eigenvalue weighted by atomic mass is 35.5. The molecule has 0 heterocycles. The molecule has 1 atom stereocenters. The van der Waals surface area contributed by atoms with Gasteiger partial charge in [0, 0.05) is 6.54 Å². The Bertz CT molecular complexity index is 380. The molecule has 0 fully saturated rings. The molecule has 1 aromatic rings. The summed E-state index contributed by atoms with van der Waals surface area (Å²) in [5.74, 6) is -0.219. The van der Waals surface area contributed by atoms with Crippen LogP contribution >= 0.6 is 12.4 Å². The number of halogens is 1. The molecule has 0 aliphatic rings. The molecule has 0 radical (unpaired) electrons. The van der Waals surface area contributed by atoms with E-state index in [1.807, 2.05) is 30.3 Å². The lowest BCUT2D eigenvalue weighted by Gasteiger charge is -2.20. The fourth-order valence-electron chi connectivity index (χ4n) is 2.31. The standard InChI is InChI=1S/C17H27NO2.ClH/c1-4-10-16(15-11-8-7-9-12-15)17(19)20-14-13-18(5-2)6-3;/h7-9,11-12,16H,4-6,10,13-14H2,1-3H3;1H. The second-order valence-electron chi connectivity index (χ2n) is 4.95. The fourth-order valence-corrected chi connectivity index (χ4v) is 2.31. The highest BCUT2D eigenvalue weighted by molar-refractivity contribution is 5.85. The normalized spacial score (nSPS) is 11.8. The second-order valence-corrected chi connectivity index (χ2v) is 4.95. The summed E-state index contributed by atoms with van der Waals surface area (Å²) in [6.07, 6.45) is 1.82. The summed E-state index contributed by atoms with van der Waals surface area (Å²) >= 11 is 0. The van der Waals surface area contributed by atoms with Crippen molar-refractivity contribution in [1.82, 2.24) is 4.90 Å². The maximum atomic E-state index is 12.3. The van der Waals surface area contributed by atoms with E-state index < -0.39 is 0 Å². The van der Waals surface area contributed by atoms with Crippen molar-refractivity contribution < 1.29 is 9.53 Å². The maximum Gasteiger partial charge on any atom is 0.313 e. The first-order valence-electron chi connectivity index (χ1n) is 7.66. The number of esters is 1. The van der Waals surface area contributed by atoms with E-state index in [-0.39, 0.29) is 24.3 Å². The highest BCUT2D eigenvalue weighted by Crippen LogP contribution is 2.22. The van der Waals surface area contributed by atoms with Gasteiger partial charge >= 0.3 is 5.97 Å². The summed E-state index contributed by atoms with van der Waals surface area (Å²) in [7, 11) is 0. The van der Waals surface area contributed by atoms with E-state index in [1.165, 1.54) is 0 Å². The van der Waals surface area contributed by atoms with Gasteiger partial charge in [-0.25, -0.2) is 0 Å². The summed E-state index contributed by atoms with van der Waals surface area (Å²) in [6, 6.07) is 9.93. The van der Waals surface area contributed by atoms with Gasteiger partial charge in [0.25, 0.3) is 0 Å². The Morgan fingerprint density at radius 3 is 2.29 bits per heavy atom. The molecule has 0 amide bonds. The number of hydrogen-bond donors (Lipinski definition) is 0. The van der Waals surface area contributed by atoms with Crippen molar-refractivity contribution in [3.8, 4) is 0 Å². The minimum atomic E-state index is -0.127. The van der Waals surface area contributed by atoms with Crippen molar-refractivity contribution >= 4 is 18.4 Å². The van der Waals surface area contributed by atoms with E-state index in [9.17, 15) is 4.79 Å². The van der Waals surface area contributed by atoms with Crippen LogP contribution in [0.4, 0.5) is 0 Å². The van der Waals surface area contributed by atoms with Crippen molar-refractivity contribution in [2.45, 2.75) is 39.5 Å². The Balaban J connectivity index is 0.00000400. The summed E-state index contributed by atoms with van der Waals surface area (Å²) in [6.45, 7) is 9.61. The molecule has 0 saturated heterocycles. The van der Waals surface area contributed by atoms with Crippen molar-refractivity contribution in [3.05, 3.63) is 35.9 Å². The van der Waals surface area contributed by atoms with Crippen LogP contribution in [0.3, 0.4) is 0 Å². The van der Waals surface area contributed by atoms with Crippen LogP contribution < -0.4 is 0 Å². The highest BCUT2D eigenvalue weighted by Gasteiger charge is 2.21. The third-order valence-corrected chi connectivity index (χ3v) is 3.61. The van der Waals surface area contributed by atoms with Crippen LogP contribution in [0.15, 0.2) is 30.3 Å². The Hall–Kier alpha value is -1.06. The van der Waals surface area contributed by atoms with Crippen molar-refractivity contribution in [2.24, 2.45) is 0 Å². The molecule has 120 valence electrons. The van der Waals surface area contributed by atoms with Gasteiger partial charge in [-0.2, -0.15) is 0 Å². The predicted octanol–water partition coefficient (Wildman–Crippen LogP) is 3.88. The zero-order valence-electron chi connectivity index (χ0n) is 13.4. The minimum Gasteiger partial charge on any atom is -0.464 e. The minimum absolute atomic E-state index is 0. The van der Waals surface area contributed by atoms with Crippen LogP contribution in [0, 0.1) is 0 Å². The number of carbonyl (C=O) groups excluding carboxylic acids is 1. The molecule has 1 unspecified atom stereocenters. The lowest BCUT2D eigenvalue weighted by atomic mass is 9.95. The number of carbonyl (C=O) groups is 1. The average Bonchev–Trinajstić information content (AvgIpc) is 2.50. The predicted molar refractivity (Wildman–Crippen MR) is 90.1 cm³/mol. The van der Waals surface area contributed by atoms with E-state index in [1.54, 1.807) is 0 Å². The smallest absolute Gasteiger partial charge is 0.313 e.